The Kier molecular flexibility index (Phi) is 5.00. The fourth-order valence-corrected chi connectivity index (χ4v) is 4.07. The van der Waals surface area contributed by atoms with Crippen molar-refractivity contribution in [3.05, 3.63) is 72.6 Å². The molecule has 0 unspecified atom stereocenters. The Morgan fingerprint density at radius 2 is 1.85 bits per heavy atom. The monoisotopic (exact) mass is 377 g/mol. The summed E-state index contributed by atoms with van der Waals surface area (Å²) < 4.78 is 5.49. The number of nitrogens with zero attached hydrogens (tertiary/aromatic N) is 2. The summed E-state index contributed by atoms with van der Waals surface area (Å²) in [5.41, 5.74) is 2.03. The smallest absolute Gasteiger partial charge is 0.138 e. The van der Waals surface area contributed by atoms with Crippen molar-refractivity contribution in [2.45, 2.75) is 6.04 Å². The topological polar surface area (TPSA) is 67.3 Å². The van der Waals surface area contributed by atoms with Crippen LogP contribution in [-0.2, 0) is 0 Å². The molecule has 2 N–H and O–H groups in total. The zero-order valence-corrected chi connectivity index (χ0v) is 15.6. The summed E-state index contributed by atoms with van der Waals surface area (Å²) in [6, 6.07) is 19.6. The molecule has 136 valence electrons. The molecule has 0 aliphatic heterocycles. The van der Waals surface area contributed by atoms with Gasteiger partial charge in [-0.15, -0.1) is 11.3 Å². The van der Waals surface area contributed by atoms with Gasteiger partial charge in [0.25, 0.3) is 0 Å². The highest BCUT2D eigenvalue weighted by molar-refractivity contribution is 7.22. The molecule has 0 bridgehead atoms. The molecule has 1 atom stereocenters. The lowest BCUT2D eigenvalue weighted by molar-refractivity contribution is 0.276. The molecule has 2 heterocycles. The molecule has 0 radical (unpaired) electrons. The average molecular weight is 377 g/mol. The van der Waals surface area contributed by atoms with Gasteiger partial charge in [0.15, 0.2) is 0 Å². The minimum absolute atomic E-state index is 0.0288. The number of hydrogen-bond donors (Lipinski definition) is 2. The summed E-state index contributed by atoms with van der Waals surface area (Å²) in [6.07, 6.45) is 1.55. The van der Waals surface area contributed by atoms with Crippen molar-refractivity contribution in [3.63, 3.8) is 0 Å². The average Bonchev–Trinajstić information content (AvgIpc) is 3.17. The predicted octanol–water partition coefficient (Wildman–Crippen LogP) is 4.51. The number of aliphatic hydroxyl groups excluding tert-OH is 1. The van der Waals surface area contributed by atoms with Gasteiger partial charge < -0.3 is 15.2 Å². The minimum Gasteiger partial charge on any atom is -0.496 e. The van der Waals surface area contributed by atoms with Crippen LogP contribution in [0, 0.1) is 0 Å². The van der Waals surface area contributed by atoms with E-state index in [1.807, 2.05) is 54.6 Å². The lowest BCUT2D eigenvalue weighted by atomic mass is 10.1. The molecule has 0 amide bonds. The van der Waals surface area contributed by atoms with Crippen LogP contribution in [0.25, 0.3) is 20.7 Å². The molecule has 5 nitrogen and oxygen atoms in total. The number of para-hydroxylation sites is 1. The molecule has 0 aliphatic rings. The van der Waals surface area contributed by atoms with Crippen molar-refractivity contribution in [1.29, 1.82) is 0 Å². The third kappa shape index (κ3) is 3.49. The zero-order valence-electron chi connectivity index (χ0n) is 14.8. The van der Waals surface area contributed by atoms with Crippen molar-refractivity contribution >= 4 is 27.4 Å². The molecule has 4 rings (SSSR count). The van der Waals surface area contributed by atoms with Crippen molar-refractivity contribution < 1.29 is 9.84 Å². The van der Waals surface area contributed by atoms with Crippen LogP contribution in [0.1, 0.15) is 11.6 Å². The molecule has 0 spiro atoms. The Labute approximate surface area is 161 Å². The number of methoxy groups -OCH3 is 1. The lowest BCUT2D eigenvalue weighted by Gasteiger charge is -2.17. The zero-order chi connectivity index (χ0) is 18.6. The van der Waals surface area contributed by atoms with Crippen molar-refractivity contribution in [3.8, 4) is 16.2 Å². The van der Waals surface area contributed by atoms with Crippen LogP contribution in [0.2, 0.25) is 0 Å². The third-order valence-electron chi connectivity index (χ3n) is 4.40. The first-order valence-electron chi connectivity index (χ1n) is 8.60. The fraction of sp³-hybridized carbons (Fsp3) is 0.143. The van der Waals surface area contributed by atoms with Gasteiger partial charge in [0, 0.05) is 10.4 Å². The highest BCUT2D eigenvalue weighted by Crippen LogP contribution is 2.39. The number of rotatable bonds is 6. The number of aromatic nitrogens is 2. The predicted molar refractivity (Wildman–Crippen MR) is 109 cm³/mol. The van der Waals surface area contributed by atoms with Gasteiger partial charge in [-0.25, -0.2) is 9.97 Å². The molecule has 4 aromatic rings. The first-order valence-corrected chi connectivity index (χ1v) is 9.42. The van der Waals surface area contributed by atoms with Gasteiger partial charge in [0.05, 0.1) is 25.1 Å². The van der Waals surface area contributed by atoms with Crippen molar-refractivity contribution in [1.82, 2.24) is 9.97 Å². The Hall–Kier alpha value is -2.96. The van der Waals surface area contributed by atoms with Gasteiger partial charge in [-0.1, -0.05) is 42.5 Å². The van der Waals surface area contributed by atoms with E-state index in [-0.39, 0.29) is 12.6 Å². The number of aliphatic hydroxyl groups is 1. The molecule has 0 saturated carbocycles. The van der Waals surface area contributed by atoms with E-state index in [1.165, 1.54) is 0 Å². The highest BCUT2D eigenvalue weighted by Gasteiger charge is 2.16. The van der Waals surface area contributed by atoms with E-state index in [0.717, 1.165) is 32.0 Å². The van der Waals surface area contributed by atoms with E-state index in [0.29, 0.717) is 5.82 Å². The van der Waals surface area contributed by atoms with Crippen LogP contribution >= 0.6 is 11.3 Å². The SMILES string of the molecule is COc1ccccc1-c1cc2c(N[C@H](CO)c3ccccc3)ncnc2s1. The number of fused-ring (bicyclic) bond motifs is 1. The molecule has 0 saturated heterocycles. The second-order valence-corrected chi connectivity index (χ2v) is 7.07. The molecule has 0 aliphatic carbocycles. The summed E-state index contributed by atoms with van der Waals surface area (Å²) in [7, 11) is 1.67. The number of thiophene rings is 1. The molecule has 2 aromatic carbocycles. The molecule has 0 fully saturated rings. The van der Waals surface area contributed by atoms with Gasteiger partial charge in [0.1, 0.15) is 22.7 Å². The van der Waals surface area contributed by atoms with Crippen LogP contribution in [0.4, 0.5) is 5.82 Å². The van der Waals surface area contributed by atoms with E-state index in [9.17, 15) is 5.11 Å². The maximum atomic E-state index is 9.84. The van der Waals surface area contributed by atoms with E-state index in [4.69, 9.17) is 4.74 Å². The van der Waals surface area contributed by atoms with Crippen LogP contribution in [0.15, 0.2) is 67.0 Å². The van der Waals surface area contributed by atoms with Crippen LogP contribution in [0.5, 0.6) is 5.75 Å². The van der Waals surface area contributed by atoms with Crippen LogP contribution in [0.3, 0.4) is 0 Å². The number of hydrogen-bond acceptors (Lipinski definition) is 6. The summed E-state index contributed by atoms with van der Waals surface area (Å²) >= 11 is 1.59. The maximum Gasteiger partial charge on any atom is 0.138 e. The number of nitrogens with one attached hydrogen (secondary N) is 1. The van der Waals surface area contributed by atoms with E-state index in [1.54, 1.807) is 24.8 Å². The molecular formula is C21H19N3O2S. The Morgan fingerprint density at radius 3 is 2.63 bits per heavy atom. The Balaban J connectivity index is 1.73. The van der Waals surface area contributed by atoms with Crippen LogP contribution in [-0.4, -0.2) is 28.8 Å². The number of anilines is 1. The van der Waals surface area contributed by atoms with Crippen LogP contribution < -0.4 is 10.1 Å². The van der Waals surface area contributed by atoms with E-state index in [2.05, 4.69) is 21.4 Å². The largest absolute Gasteiger partial charge is 0.496 e. The standard InChI is InChI=1S/C21H19N3O2S/c1-26-18-10-6-5-9-15(18)19-11-16-20(22-13-23-21(16)27-19)24-17(12-25)14-7-3-2-4-8-14/h2-11,13,17,25H,12H2,1H3,(H,22,23,24)/t17-/m1/s1. The first kappa shape index (κ1) is 17.5. The summed E-state index contributed by atoms with van der Waals surface area (Å²) in [4.78, 5) is 10.8. The molecular weight excluding hydrogens is 358 g/mol. The third-order valence-corrected chi connectivity index (χ3v) is 5.47. The second kappa shape index (κ2) is 7.73. The second-order valence-electron chi connectivity index (χ2n) is 6.04. The Morgan fingerprint density at radius 1 is 1.07 bits per heavy atom. The van der Waals surface area contributed by atoms with E-state index >= 15 is 0 Å². The summed E-state index contributed by atoms with van der Waals surface area (Å²) in [5, 5.41) is 14.1. The Bertz CT molecular complexity index is 1050. The first-order chi connectivity index (χ1) is 13.3. The normalized spacial score (nSPS) is 12.1. The number of benzene rings is 2. The maximum absolute atomic E-state index is 9.84. The lowest BCUT2D eigenvalue weighted by Crippen LogP contribution is -2.15. The minimum atomic E-state index is -0.237. The number of ether oxygens (including phenoxy) is 1. The van der Waals surface area contributed by atoms with Gasteiger partial charge in [-0.05, 0) is 23.8 Å². The van der Waals surface area contributed by atoms with Gasteiger partial charge >= 0.3 is 0 Å². The summed E-state index contributed by atoms with van der Waals surface area (Å²) in [6.45, 7) is -0.0288. The van der Waals surface area contributed by atoms with Gasteiger partial charge in [-0.2, -0.15) is 0 Å². The van der Waals surface area contributed by atoms with Gasteiger partial charge in [-0.3, -0.25) is 0 Å². The van der Waals surface area contributed by atoms with Crippen molar-refractivity contribution in [2.75, 3.05) is 19.0 Å². The molecule has 2 aromatic heterocycles. The summed E-state index contributed by atoms with van der Waals surface area (Å²) in [5.74, 6) is 1.53. The highest BCUT2D eigenvalue weighted by atomic mass is 32.1. The van der Waals surface area contributed by atoms with Gasteiger partial charge in [0.2, 0.25) is 0 Å². The van der Waals surface area contributed by atoms with E-state index < -0.39 is 0 Å². The molecule has 6 heteroatoms. The van der Waals surface area contributed by atoms with Crippen molar-refractivity contribution in [2.24, 2.45) is 0 Å². The molecule has 27 heavy (non-hydrogen) atoms. The fourth-order valence-electron chi connectivity index (χ4n) is 3.04. The quantitative estimate of drug-likeness (QED) is 0.517.